The van der Waals surface area contributed by atoms with Crippen LogP contribution in [-0.2, 0) is 4.79 Å². The van der Waals surface area contributed by atoms with Crippen LogP contribution in [0, 0.1) is 5.82 Å². The topological polar surface area (TPSA) is 157 Å². The number of nitrogens with one attached hydrogen (secondary N) is 2. The number of hydrogen-bond donors (Lipinski definition) is 5. The number of benzene rings is 2. The van der Waals surface area contributed by atoms with E-state index in [1.807, 2.05) is 18.2 Å². The molecule has 0 bridgehead atoms. The molecule has 38 heavy (non-hydrogen) atoms. The van der Waals surface area contributed by atoms with E-state index in [0.717, 1.165) is 43.9 Å². The van der Waals surface area contributed by atoms with E-state index in [1.165, 1.54) is 12.1 Å². The van der Waals surface area contributed by atoms with Crippen LogP contribution in [0.2, 0.25) is 0 Å². The van der Waals surface area contributed by atoms with Crippen LogP contribution in [0.15, 0.2) is 41.2 Å². The number of H-pyrrole nitrogens is 2. The Morgan fingerprint density at radius 3 is 2.39 bits per heavy atom. The Morgan fingerprint density at radius 1 is 1.08 bits per heavy atom. The number of rotatable bonds is 4. The summed E-state index contributed by atoms with van der Waals surface area (Å²) >= 11 is 0. The molecule has 1 aliphatic rings. The highest BCUT2D eigenvalue weighted by molar-refractivity contribution is 5.98. The van der Waals surface area contributed by atoms with Crippen molar-refractivity contribution in [2.75, 3.05) is 49.9 Å². The lowest BCUT2D eigenvalue weighted by atomic mass is 10.1. The molecule has 202 valence electrons. The monoisotopic (exact) mass is 535 g/mol. The minimum atomic E-state index is -5.08. The van der Waals surface area contributed by atoms with Gasteiger partial charge < -0.3 is 31.4 Å². The molecule has 4 aromatic rings. The van der Waals surface area contributed by atoms with Gasteiger partial charge in [-0.1, -0.05) is 6.07 Å². The van der Waals surface area contributed by atoms with Crippen molar-refractivity contribution in [3.63, 3.8) is 0 Å². The Labute approximate surface area is 212 Å². The van der Waals surface area contributed by atoms with Crippen LogP contribution in [0.3, 0.4) is 0 Å². The molecule has 10 nitrogen and oxygen atoms in total. The quantitative estimate of drug-likeness (QED) is 0.250. The van der Waals surface area contributed by atoms with Gasteiger partial charge in [0, 0.05) is 45.0 Å². The van der Waals surface area contributed by atoms with E-state index in [-0.39, 0.29) is 16.6 Å². The highest BCUT2D eigenvalue weighted by Gasteiger charge is 2.38. The summed E-state index contributed by atoms with van der Waals surface area (Å²) < 4.78 is 46.1. The number of nitrogens with two attached hydrogens (primary N) is 2. The highest BCUT2D eigenvalue weighted by atomic mass is 19.4. The van der Waals surface area contributed by atoms with Crippen molar-refractivity contribution >= 4 is 39.3 Å². The van der Waals surface area contributed by atoms with Gasteiger partial charge in [0.1, 0.15) is 17.2 Å². The highest BCUT2D eigenvalue weighted by Crippen LogP contribution is 2.31. The number of carboxylic acids is 1. The molecule has 0 spiro atoms. The summed E-state index contributed by atoms with van der Waals surface area (Å²) in [5.74, 6) is -2.92. The normalized spacial score (nSPS) is 14.5. The first-order valence-electron chi connectivity index (χ1n) is 11.6. The van der Waals surface area contributed by atoms with Gasteiger partial charge in [-0.15, -0.1) is 0 Å². The molecule has 2 aromatic carbocycles. The average Bonchev–Trinajstić information content (AvgIpc) is 3.27. The zero-order valence-corrected chi connectivity index (χ0v) is 20.0. The van der Waals surface area contributed by atoms with E-state index in [4.69, 9.17) is 21.4 Å². The van der Waals surface area contributed by atoms with Gasteiger partial charge in [0.25, 0.3) is 5.56 Å². The lowest BCUT2D eigenvalue weighted by Gasteiger charge is -2.35. The second-order valence-corrected chi connectivity index (χ2v) is 8.61. The number of aromatic nitrogens is 3. The predicted molar refractivity (Wildman–Crippen MR) is 135 cm³/mol. The fourth-order valence-corrected chi connectivity index (χ4v) is 4.29. The Balaban J connectivity index is 0.000000426. The minimum absolute atomic E-state index is 0.0761. The van der Waals surface area contributed by atoms with Crippen molar-refractivity contribution in [2.45, 2.75) is 6.18 Å². The van der Waals surface area contributed by atoms with E-state index < -0.39 is 23.5 Å². The summed E-state index contributed by atoms with van der Waals surface area (Å²) in [4.78, 5) is 36.7. The molecule has 1 aliphatic heterocycles. The zero-order valence-electron chi connectivity index (χ0n) is 20.0. The van der Waals surface area contributed by atoms with Gasteiger partial charge in [0.2, 0.25) is 0 Å². The molecule has 0 amide bonds. The largest absolute Gasteiger partial charge is 0.490 e. The molecule has 1 saturated heterocycles. The molecule has 0 atom stereocenters. The third-order valence-corrected chi connectivity index (χ3v) is 6.16. The molecule has 2 aromatic heterocycles. The number of anilines is 2. The first kappa shape index (κ1) is 26.9. The van der Waals surface area contributed by atoms with E-state index in [2.05, 4.69) is 24.8 Å². The number of piperazine rings is 1. The van der Waals surface area contributed by atoms with Crippen molar-refractivity contribution in [1.29, 1.82) is 0 Å². The van der Waals surface area contributed by atoms with Crippen LogP contribution < -0.4 is 21.9 Å². The number of aromatic amines is 2. The molecule has 7 N–H and O–H groups in total. The van der Waals surface area contributed by atoms with Crippen LogP contribution in [0.1, 0.15) is 0 Å². The average molecular weight is 536 g/mol. The number of carbonyl (C=O) groups is 1. The zero-order chi connectivity index (χ0) is 27.6. The minimum Gasteiger partial charge on any atom is -0.475 e. The summed E-state index contributed by atoms with van der Waals surface area (Å²) in [6, 6.07) is 10.4. The Morgan fingerprint density at radius 2 is 1.76 bits per heavy atom. The molecule has 0 radical (unpaired) electrons. The third-order valence-electron chi connectivity index (χ3n) is 6.16. The first-order chi connectivity index (χ1) is 18.0. The van der Waals surface area contributed by atoms with Crippen molar-refractivity contribution in [3.05, 3.63) is 52.6 Å². The SMILES string of the molecule is NCCN1CCN(c2ccc3nc(-c4c(N)c5c(F)cccc5[nH]c4=O)[nH]c3c2)CC1.O=C(O)C(F)(F)F. The van der Waals surface area contributed by atoms with Gasteiger partial charge >= 0.3 is 12.1 Å². The number of alkyl halides is 3. The van der Waals surface area contributed by atoms with Crippen molar-refractivity contribution in [3.8, 4) is 11.4 Å². The molecular formula is C24H25F4N7O3. The number of carboxylic acid groups (broad SMARTS) is 1. The molecular weight excluding hydrogens is 510 g/mol. The molecule has 1 fully saturated rings. The molecule has 5 rings (SSSR count). The second-order valence-electron chi connectivity index (χ2n) is 8.61. The fraction of sp³-hybridized carbons (Fsp3) is 0.292. The predicted octanol–water partition coefficient (Wildman–Crippen LogP) is 2.51. The van der Waals surface area contributed by atoms with Crippen molar-refractivity contribution in [2.24, 2.45) is 5.73 Å². The lowest BCUT2D eigenvalue weighted by molar-refractivity contribution is -0.192. The van der Waals surface area contributed by atoms with E-state index >= 15 is 0 Å². The number of hydrogen-bond acceptors (Lipinski definition) is 7. The van der Waals surface area contributed by atoms with E-state index in [1.54, 1.807) is 6.07 Å². The number of pyridine rings is 1. The van der Waals surface area contributed by atoms with Gasteiger partial charge in [0.15, 0.2) is 0 Å². The number of nitrogens with zero attached hydrogens (tertiary/aromatic N) is 3. The Hall–Kier alpha value is -4.17. The maximum atomic E-state index is 14.4. The number of imidazole rings is 1. The van der Waals surface area contributed by atoms with E-state index in [9.17, 15) is 22.4 Å². The van der Waals surface area contributed by atoms with Gasteiger partial charge in [-0.25, -0.2) is 14.2 Å². The van der Waals surface area contributed by atoms with Gasteiger partial charge in [-0.05, 0) is 30.3 Å². The lowest BCUT2D eigenvalue weighted by Crippen LogP contribution is -2.47. The third kappa shape index (κ3) is 5.55. The van der Waals surface area contributed by atoms with Crippen molar-refractivity contribution < 1.29 is 27.5 Å². The Kier molecular flexibility index (Phi) is 7.55. The number of halogens is 4. The van der Waals surface area contributed by atoms with Crippen LogP contribution in [0.4, 0.5) is 28.9 Å². The molecule has 0 unspecified atom stereocenters. The molecule has 0 saturated carbocycles. The number of fused-ring (bicyclic) bond motifs is 2. The van der Waals surface area contributed by atoms with Crippen LogP contribution in [0.25, 0.3) is 33.3 Å². The summed E-state index contributed by atoms with van der Waals surface area (Å²) in [5, 5.41) is 7.31. The van der Waals surface area contributed by atoms with Crippen LogP contribution in [0.5, 0.6) is 0 Å². The molecule has 0 aliphatic carbocycles. The van der Waals surface area contributed by atoms with Gasteiger partial charge in [-0.3, -0.25) is 9.69 Å². The smallest absolute Gasteiger partial charge is 0.475 e. The summed E-state index contributed by atoms with van der Waals surface area (Å²) in [6.07, 6.45) is -5.08. The van der Waals surface area contributed by atoms with Crippen LogP contribution in [-0.4, -0.2) is 76.4 Å². The molecule has 3 heterocycles. The van der Waals surface area contributed by atoms with Gasteiger partial charge in [0.05, 0.1) is 27.6 Å². The fourth-order valence-electron chi connectivity index (χ4n) is 4.29. The van der Waals surface area contributed by atoms with Crippen LogP contribution >= 0.6 is 0 Å². The van der Waals surface area contributed by atoms with E-state index in [0.29, 0.717) is 23.4 Å². The first-order valence-corrected chi connectivity index (χ1v) is 11.6. The summed E-state index contributed by atoms with van der Waals surface area (Å²) in [5.41, 5.74) is 14.6. The summed E-state index contributed by atoms with van der Waals surface area (Å²) in [6.45, 7) is 5.37. The van der Waals surface area contributed by atoms with Crippen molar-refractivity contribution in [1.82, 2.24) is 19.9 Å². The number of nitrogen functional groups attached to an aromatic ring is 1. The standard InChI is InChI=1S/C22H24FN7O.C2HF3O2/c23-14-2-1-3-16-18(14)20(25)19(22(31)28-16)21-26-15-5-4-13(12-17(15)27-21)30-10-8-29(7-6-24)9-11-30;3-2(4,5)1(6)7/h1-5,12H,6-11,24H2,(H,26,27)(H3,25,28,31);(H,6,7). The summed E-state index contributed by atoms with van der Waals surface area (Å²) in [7, 11) is 0. The Bertz CT molecular complexity index is 1530. The van der Waals surface area contributed by atoms with Gasteiger partial charge in [-0.2, -0.15) is 13.2 Å². The second kappa shape index (κ2) is 10.7. The number of aliphatic carboxylic acids is 1. The maximum absolute atomic E-state index is 14.4. The molecule has 14 heteroatoms. The maximum Gasteiger partial charge on any atom is 0.490 e.